The third kappa shape index (κ3) is 1.87. The molecule has 13 heavy (non-hydrogen) atoms. The van der Waals surface area contributed by atoms with E-state index in [1.165, 1.54) is 12.2 Å². The number of halogens is 1. The first kappa shape index (κ1) is 10.2. The number of carbonyl (C=O) groups excluding carboxylic acids is 2. The van der Waals surface area contributed by atoms with Gasteiger partial charge in [0.15, 0.2) is 11.9 Å². The van der Waals surface area contributed by atoms with Crippen molar-refractivity contribution in [3.8, 4) is 0 Å². The number of hydrogen-bond acceptors (Lipinski definition) is 3. The van der Waals surface area contributed by atoms with Gasteiger partial charge in [-0.15, -0.1) is 11.6 Å². The van der Waals surface area contributed by atoms with Crippen molar-refractivity contribution in [2.24, 2.45) is 5.92 Å². The molecule has 1 aliphatic rings. The van der Waals surface area contributed by atoms with Crippen molar-refractivity contribution in [3.05, 3.63) is 23.8 Å². The van der Waals surface area contributed by atoms with Gasteiger partial charge in [0.1, 0.15) is 6.29 Å². The second kappa shape index (κ2) is 3.85. The minimum atomic E-state index is -1.72. The average Bonchev–Trinajstić information content (AvgIpc) is 2.17. The van der Waals surface area contributed by atoms with Gasteiger partial charge in [-0.2, -0.15) is 0 Å². The van der Waals surface area contributed by atoms with E-state index in [1.807, 2.05) is 0 Å². The SMILES string of the molecule is O=CC1C=CC(CCl)=CC1(O)C=O. The summed E-state index contributed by atoms with van der Waals surface area (Å²) in [7, 11) is 0. The first-order valence-corrected chi connectivity index (χ1v) is 4.29. The maximum Gasteiger partial charge on any atom is 0.156 e. The van der Waals surface area contributed by atoms with E-state index in [-0.39, 0.29) is 5.88 Å². The monoisotopic (exact) mass is 200 g/mol. The molecule has 1 rings (SSSR count). The van der Waals surface area contributed by atoms with Gasteiger partial charge in [-0.1, -0.05) is 12.2 Å². The van der Waals surface area contributed by atoms with Crippen molar-refractivity contribution in [3.63, 3.8) is 0 Å². The van der Waals surface area contributed by atoms with Gasteiger partial charge in [0.2, 0.25) is 0 Å². The quantitative estimate of drug-likeness (QED) is 0.532. The van der Waals surface area contributed by atoms with E-state index in [9.17, 15) is 14.7 Å². The Labute approximate surface area is 80.7 Å². The molecule has 4 heteroatoms. The van der Waals surface area contributed by atoms with Crippen molar-refractivity contribution >= 4 is 24.2 Å². The van der Waals surface area contributed by atoms with E-state index in [4.69, 9.17) is 11.6 Å². The number of alkyl halides is 1. The van der Waals surface area contributed by atoms with Crippen LogP contribution in [0.25, 0.3) is 0 Å². The maximum absolute atomic E-state index is 10.6. The number of rotatable bonds is 3. The summed E-state index contributed by atoms with van der Waals surface area (Å²) in [4.78, 5) is 21.1. The highest BCUT2D eigenvalue weighted by atomic mass is 35.5. The molecule has 0 aromatic heterocycles. The molecule has 1 aliphatic carbocycles. The van der Waals surface area contributed by atoms with Gasteiger partial charge < -0.3 is 9.90 Å². The molecule has 0 aromatic rings. The van der Waals surface area contributed by atoms with Crippen LogP contribution in [0.2, 0.25) is 0 Å². The summed E-state index contributed by atoms with van der Waals surface area (Å²) in [5.41, 5.74) is -1.09. The standard InChI is InChI=1S/C9H9ClO3/c10-4-7-1-2-8(5-11)9(13,3-7)6-12/h1-3,5-6,8,13H,4H2. The summed E-state index contributed by atoms with van der Waals surface area (Å²) in [5.74, 6) is -0.602. The molecule has 0 spiro atoms. The van der Waals surface area contributed by atoms with E-state index < -0.39 is 11.5 Å². The smallest absolute Gasteiger partial charge is 0.156 e. The molecule has 0 heterocycles. The zero-order chi connectivity index (χ0) is 9.90. The highest BCUT2D eigenvalue weighted by molar-refractivity contribution is 6.19. The van der Waals surface area contributed by atoms with Crippen LogP contribution in [0.4, 0.5) is 0 Å². The minimum Gasteiger partial charge on any atom is -0.377 e. The van der Waals surface area contributed by atoms with Crippen LogP contribution in [0.15, 0.2) is 23.8 Å². The molecule has 1 N–H and O–H groups in total. The third-order valence-corrected chi connectivity index (χ3v) is 2.27. The van der Waals surface area contributed by atoms with Crippen molar-refractivity contribution < 1.29 is 14.7 Å². The Morgan fingerprint density at radius 2 is 2.31 bits per heavy atom. The van der Waals surface area contributed by atoms with Gasteiger partial charge in [-0.25, -0.2) is 0 Å². The van der Waals surface area contributed by atoms with E-state index in [0.29, 0.717) is 18.1 Å². The van der Waals surface area contributed by atoms with E-state index in [0.717, 1.165) is 0 Å². The van der Waals surface area contributed by atoms with Gasteiger partial charge >= 0.3 is 0 Å². The molecule has 0 saturated carbocycles. The second-order valence-electron chi connectivity index (χ2n) is 2.88. The van der Waals surface area contributed by atoms with Crippen LogP contribution in [-0.4, -0.2) is 29.2 Å². The van der Waals surface area contributed by atoms with Gasteiger partial charge in [0.25, 0.3) is 0 Å². The molecule has 0 amide bonds. The van der Waals surface area contributed by atoms with Crippen LogP contribution in [0, 0.1) is 5.92 Å². The Balaban J connectivity index is 3.02. The lowest BCUT2D eigenvalue weighted by Crippen LogP contribution is -2.39. The van der Waals surface area contributed by atoms with Crippen molar-refractivity contribution in [1.29, 1.82) is 0 Å². The van der Waals surface area contributed by atoms with Crippen molar-refractivity contribution in [2.75, 3.05) is 5.88 Å². The normalized spacial score (nSPS) is 32.5. The highest BCUT2D eigenvalue weighted by Gasteiger charge is 2.34. The molecule has 0 fully saturated rings. The molecular weight excluding hydrogens is 192 g/mol. The predicted octanol–water partition coefficient (Wildman–Crippen LogP) is 0.466. The molecule has 0 aromatic carbocycles. The Hall–Kier alpha value is -0.930. The molecule has 0 bridgehead atoms. The lowest BCUT2D eigenvalue weighted by molar-refractivity contribution is -0.128. The molecular formula is C9H9ClO3. The van der Waals surface area contributed by atoms with Crippen LogP contribution < -0.4 is 0 Å². The van der Waals surface area contributed by atoms with Crippen LogP contribution in [0.3, 0.4) is 0 Å². The number of allylic oxidation sites excluding steroid dienone is 2. The third-order valence-electron chi connectivity index (χ3n) is 1.96. The van der Waals surface area contributed by atoms with Gasteiger partial charge in [0, 0.05) is 5.88 Å². The minimum absolute atomic E-state index is 0.207. The Morgan fingerprint density at radius 1 is 1.62 bits per heavy atom. The maximum atomic E-state index is 10.6. The lowest BCUT2D eigenvalue weighted by atomic mass is 9.84. The molecule has 2 atom stereocenters. The molecule has 3 nitrogen and oxygen atoms in total. The topological polar surface area (TPSA) is 54.4 Å². The van der Waals surface area contributed by atoms with E-state index >= 15 is 0 Å². The number of hydrogen-bond donors (Lipinski definition) is 1. The number of aldehydes is 2. The Kier molecular flexibility index (Phi) is 3.01. The summed E-state index contributed by atoms with van der Waals surface area (Å²) >= 11 is 5.52. The summed E-state index contributed by atoms with van der Waals surface area (Å²) in [6.07, 6.45) is 5.30. The van der Waals surface area contributed by atoms with Crippen LogP contribution in [-0.2, 0) is 9.59 Å². The van der Waals surface area contributed by atoms with Crippen LogP contribution in [0.5, 0.6) is 0 Å². The van der Waals surface area contributed by atoms with Crippen molar-refractivity contribution in [2.45, 2.75) is 5.60 Å². The first-order valence-electron chi connectivity index (χ1n) is 3.76. The fourth-order valence-electron chi connectivity index (χ4n) is 1.17. The molecule has 70 valence electrons. The van der Waals surface area contributed by atoms with Gasteiger partial charge in [-0.05, 0) is 11.6 Å². The van der Waals surface area contributed by atoms with Gasteiger partial charge in [0.05, 0.1) is 5.92 Å². The molecule has 2 unspecified atom stereocenters. The highest BCUT2D eigenvalue weighted by Crippen LogP contribution is 2.24. The summed E-state index contributed by atoms with van der Waals surface area (Å²) < 4.78 is 0. The largest absolute Gasteiger partial charge is 0.377 e. The zero-order valence-corrected chi connectivity index (χ0v) is 7.57. The van der Waals surface area contributed by atoms with Crippen LogP contribution >= 0.6 is 11.6 Å². The predicted molar refractivity (Wildman–Crippen MR) is 48.5 cm³/mol. The molecule has 0 aliphatic heterocycles. The Bertz CT molecular complexity index is 283. The lowest BCUT2D eigenvalue weighted by Gasteiger charge is -2.25. The summed E-state index contributed by atoms with van der Waals surface area (Å²) in [6.45, 7) is 0. The number of carbonyl (C=O) groups is 2. The van der Waals surface area contributed by atoms with E-state index in [2.05, 4.69) is 0 Å². The Morgan fingerprint density at radius 3 is 2.77 bits per heavy atom. The summed E-state index contributed by atoms with van der Waals surface area (Å²) in [5, 5.41) is 9.66. The van der Waals surface area contributed by atoms with E-state index in [1.54, 1.807) is 6.08 Å². The van der Waals surface area contributed by atoms with Crippen molar-refractivity contribution in [1.82, 2.24) is 0 Å². The second-order valence-corrected chi connectivity index (χ2v) is 3.15. The average molecular weight is 201 g/mol. The number of aliphatic hydroxyl groups is 1. The molecule has 0 radical (unpaired) electrons. The summed E-state index contributed by atoms with van der Waals surface area (Å²) in [6, 6.07) is 0. The fraction of sp³-hybridized carbons (Fsp3) is 0.333. The fourth-order valence-corrected chi connectivity index (χ4v) is 1.34. The van der Waals surface area contributed by atoms with Crippen LogP contribution in [0.1, 0.15) is 0 Å². The zero-order valence-electron chi connectivity index (χ0n) is 6.81. The first-order chi connectivity index (χ1) is 6.16. The molecule has 0 saturated heterocycles. The van der Waals surface area contributed by atoms with Gasteiger partial charge in [-0.3, -0.25) is 4.79 Å².